The summed E-state index contributed by atoms with van der Waals surface area (Å²) in [6.45, 7) is 1.81. The van der Waals surface area contributed by atoms with Crippen LogP contribution in [0.2, 0.25) is 0 Å². The van der Waals surface area contributed by atoms with Crippen molar-refractivity contribution >= 4 is 27.2 Å². The molecule has 9 heteroatoms. The maximum atomic E-state index is 11.9. The predicted octanol–water partition coefficient (Wildman–Crippen LogP) is 1.95. The SMILES string of the molecule is NC(=O)c1cn(-c2ccccc2)nc1Nc1ccc(CN2CCS(=O)(=O)CC2)cc1. The van der Waals surface area contributed by atoms with E-state index >= 15 is 0 Å². The maximum Gasteiger partial charge on any atom is 0.254 e. The van der Waals surface area contributed by atoms with Crippen LogP contribution in [0.15, 0.2) is 60.8 Å². The van der Waals surface area contributed by atoms with E-state index in [0.717, 1.165) is 16.9 Å². The molecule has 4 rings (SSSR count). The van der Waals surface area contributed by atoms with Crippen molar-refractivity contribution in [2.24, 2.45) is 5.73 Å². The molecule has 1 fully saturated rings. The number of rotatable bonds is 6. The van der Waals surface area contributed by atoms with Crippen molar-refractivity contribution in [3.63, 3.8) is 0 Å². The number of benzene rings is 2. The van der Waals surface area contributed by atoms with Gasteiger partial charge in [-0.2, -0.15) is 0 Å². The fourth-order valence-corrected chi connectivity index (χ4v) is 4.63. The summed E-state index contributed by atoms with van der Waals surface area (Å²) >= 11 is 0. The minimum Gasteiger partial charge on any atom is -0.365 e. The van der Waals surface area contributed by atoms with Crippen LogP contribution in [0.4, 0.5) is 11.5 Å². The van der Waals surface area contributed by atoms with Crippen LogP contribution in [0, 0.1) is 0 Å². The highest BCUT2D eigenvalue weighted by Gasteiger charge is 2.21. The minimum atomic E-state index is -2.88. The number of hydrogen-bond donors (Lipinski definition) is 2. The van der Waals surface area contributed by atoms with Crippen LogP contribution in [-0.4, -0.2) is 53.6 Å². The molecule has 1 aliphatic rings. The molecular weight excluding hydrogens is 402 g/mol. The Bertz CT molecular complexity index is 1130. The van der Waals surface area contributed by atoms with Crippen molar-refractivity contribution in [3.05, 3.63) is 71.9 Å². The number of anilines is 2. The number of primary amides is 1. The lowest BCUT2D eigenvalue weighted by Crippen LogP contribution is -2.39. The first-order valence-electron chi connectivity index (χ1n) is 9.63. The zero-order chi connectivity index (χ0) is 21.1. The molecule has 1 aromatic heterocycles. The van der Waals surface area contributed by atoms with Gasteiger partial charge in [-0.1, -0.05) is 30.3 Å². The van der Waals surface area contributed by atoms with Gasteiger partial charge in [0.25, 0.3) is 5.91 Å². The van der Waals surface area contributed by atoms with E-state index in [1.165, 1.54) is 0 Å². The Labute approximate surface area is 175 Å². The Balaban J connectivity index is 1.47. The number of carbonyl (C=O) groups is 1. The number of nitrogens with zero attached hydrogens (tertiary/aromatic N) is 3. The molecule has 0 unspecified atom stereocenters. The van der Waals surface area contributed by atoms with Crippen molar-refractivity contribution in [1.82, 2.24) is 14.7 Å². The molecule has 156 valence electrons. The molecule has 30 heavy (non-hydrogen) atoms. The number of nitrogens with one attached hydrogen (secondary N) is 1. The molecule has 0 spiro atoms. The van der Waals surface area contributed by atoms with E-state index < -0.39 is 15.7 Å². The van der Waals surface area contributed by atoms with E-state index in [1.807, 2.05) is 54.6 Å². The van der Waals surface area contributed by atoms with E-state index in [2.05, 4.69) is 15.3 Å². The number of para-hydroxylation sites is 1. The van der Waals surface area contributed by atoms with Crippen LogP contribution in [0.5, 0.6) is 0 Å². The number of amides is 1. The average molecular weight is 426 g/mol. The van der Waals surface area contributed by atoms with Crippen molar-refractivity contribution < 1.29 is 13.2 Å². The topological polar surface area (TPSA) is 110 Å². The molecule has 2 heterocycles. The summed E-state index contributed by atoms with van der Waals surface area (Å²) in [6, 6.07) is 17.2. The lowest BCUT2D eigenvalue weighted by molar-refractivity contribution is 0.100. The maximum absolute atomic E-state index is 11.9. The molecule has 1 amide bonds. The van der Waals surface area contributed by atoms with Gasteiger partial charge in [-0.3, -0.25) is 9.69 Å². The smallest absolute Gasteiger partial charge is 0.254 e. The molecule has 0 radical (unpaired) electrons. The fraction of sp³-hybridized carbons (Fsp3) is 0.238. The third-order valence-corrected chi connectivity index (χ3v) is 6.67. The van der Waals surface area contributed by atoms with E-state index in [1.54, 1.807) is 10.9 Å². The number of aromatic nitrogens is 2. The van der Waals surface area contributed by atoms with Gasteiger partial charge < -0.3 is 11.1 Å². The number of sulfone groups is 1. The van der Waals surface area contributed by atoms with Gasteiger partial charge in [-0.15, -0.1) is 5.10 Å². The molecule has 3 N–H and O–H groups in total. The Kier molecular flexibility index (Phi) is 5.56. The Morgan fingerprint density at radius 1 is 1.03 bits per heavy atom. The molecule has 2 aromatic carbocycles. The predicted molar refractivity (Wildman–Crippen MR) is 116 cm³/mol. The van der Waals surface area contributed by atoms with Gasteiger partial charge in [0, 0.05) is 31.5 Å². The van der Waals surface area contributed by atoms with Crippen LogP contribution in [0.1, 0.15) is 15.9 Å². The van der Waals surface area contributed by atoms with Gasteiger partial charge in [0.15, 0.2) is 15.7 Å². The van der Waals surface area contributed by atoms with Gasteiger partial charge in [0.2, 0.25) is 0 Å². The first-order valence-corrected chi connectivity index (χ1v) is 11.5. The fourth-order valence-electron chi connectivity index (χ4n) is 3.36. The molecular formula is C21H23N5O3S. The molecule has 1 aliphatic heterocycles. The van der Waals surface area contributed by atoms with Gasteiger partial charge in [0.1, 0.15) is 5.56 Å². The second-order valence-corrected chi connectivity index (χ2v) is 9.59. The van der Waals surface area contributed by atoms with E-state index in [0.29, 0.717) is 31.0 Å². The van der Waals surface area contributed by atoms with Crippen molar-refractivity contribution in [3.8, 4) is 5.69 Å². The highest BCUT2D eigenvalue weighted by Crippen LogP contribution is 2.22. The van der Waals surface area contributed by atoms with Gasteiger partial charge >= 0.3 is 0 Å². The van der Waals surface area contributed by atoms with Crippen molar-refractivity contribution in [1.29, 1.82) is 0 Å². The highest BCUT2D eigenvalue weighted by molar-refractivity contribution is 7.91. The summed E-state index contributed by atoms with van der Waals surface area (Å²) in [5, 5.41) is 7.63. The minimum absolute atomic E-state index is 0.215. The second-order valence-electron chi connectivity index (χ2n) is 7.29. The molecule has 3 aromatic rings. The number of hydrogen-bond acceptors (Lipinski definition) is 6. The summed E-state index contributed by atoms with van der Waals surface area (Å²) in [6.07, 6.45) is 1.61. The summed E-state index contributed by atoms with van der Waals surface area (Å²) in [7, 11) is -2.88. The molecule has 8 nitrogen and oxygen atoms in total. The number of nitrogens with two attached hydrogens (primary N) is 1. The Hall–Kier alpha value is -3.17. The molecule has 0 saturated carbocycles. The van der Waals surface area contributed by atoms with Gasteiger partial charge in [0.05, 0.1) is 17.2 Å². The highest BCUT2D eigenvalue weighted by atomic mass is 32.2. The Morgan fingerprint density at radius 3 is 2.33 bits per heavy atom. The molecule has 0 bridgehead atoms. The van der Waals surface area contributed by atoms with E-state index in [9.17, 15) is 13.2 Å². The van der Waals surface area contributed by atoms with Gasteiger partial charge in [-0.25, -0.2) is 13.1 Å². The second kappa shape index (κ2) is 8.29. The Morgan fingerprint density at radius 2 is 1.70 bits per heavy atom. The third-order valence-electron chi connectivity index (χ3n) is 5.06. The van der Waals surface area contributed by atoms with Crippen LogP contribution < -0.4 is 11.1 Å². The van der Waals surface area contributed by atoms with Crippen molar-refractivity contribution in [2.75, 3.05) is 29.9 Å². The number of carbonyl (C=O) groups excluding carboxylic acids is 1. The summed E-state index contributed by atoms with van der Waals surface area (Å²) in [4.78, 5) is 14.0. The van der Waals surface area contributed by atoms with Crippen LogP contribution >= 0.6 is 0 Å². The normalized spacial score (nSPS) is 16.3. The summed E-state index contributed by atoms with van der Waals surface area (Å²) in [5.41, 5.74) is 8.52. The monoisotopic (exact) mass is 425 g/mol. The first-order chi connectivity index (χ1) is 14.4. The lowest BCUT2D eigenvalue weighted by Gasteiger charge is -2.26. The zero-order valence-electron chi connectivity index (χ0n) is 16.4. The lowest BCUT2D eigenvalue weighted by atomic mass is 10.2. The third kappa shape index (κ3) is 4.69. The van der Waals surface area contributed by atoms with E-state index in [-0.39, 0.29) is 11.5 Å². The molecule has 1 saturated heterocycles. The summed E-state index contributed by atoms with van der Waals surface area (Å²) < 4.78 is 24.7. The van der Waals surface area contributed by atoms with Gasteiger partial charge in [-0.05, 0) is 29.8 Å². The quantitative estimate of drug-likeness (QED) is 0.625. The first kappa shape index (κ1) is 20.1. The molecule has 0 aliphatic carbocycles. The van der Waals surface area contributed by atoms with Crippen LogP contribution in [-0.2, 0) is 16.4 Å². The standard InChI is InChI=1S/C21H23N5O3S/c22-20(27)19-15-26(18-4-2-1-3-5-18)24-21(19)23-17-8-6-16(7-9-17)14-25-10-12-30(28,29)13-11-25/h1-9,15H,10-14H2,(H2,22,27)(H,23,24). The average Bonchev–Trinajstić information content (AvgIpc) is 3.16. The molecule has 0 atom stereocenters. The van der Waals surface area contributed by atoms with Crippen molar-refractivity contribution in [2.45, 2.75) is 6.54 Å². The summed E-state index contributed by atoms with van der Waals surface area (Å²) in [5.74, 6) is 0.260. The van der Waals surface area contributed by atoms with Crippen LogP contribution in [0.25, 0.3) is 5.69 Å². The van der Waals surface area contributed by atoms with Crippen LogP contribution in [0.3, 0.4) is 0 Å². The largest absolute Gasteiger partial charge is 0.365 e. The zero-order valence-corrected chi connectivity index (χ0v) is 17.2. The van der Waals surface area contributed by atoms with E-state index in [4.69, 9.17) is 5.73 Å².